The zero-order valence-corrected chi connectivity index (χ0v) is 17.4. The largest absolute Gasteiger partial charge is 0.336 e. The van der Waals surface area contributed by atoms with Crippen molar-refractivity contribution in [2.24, 2.45) is 5.41 Å². The normalized spacial score (nSPS) is 11.9. The van der Waals surface area contributed by atoms with Gasteiger partial charge in [-0.15, -0.1) is 0 Å². The molecular weight excluding hydrogens is 338 g/mol. The van der Waals surface area contributed by atoms with Crippen molar-refractivity contribution in [3.8, 4) is 11.3 Å². The Labute approximate surface area is 168 Å². The van der Waals surface area contributed by atoms with Gasteiger partial charge < -0.3 is 4.57 Å². The fourth-order valence-corrected chi connectivity index (χ4v) is 4.10. The number of nitrogens with zero attached hydrogens (tertiary/aromatic N) is 1. The Morgan fingerprint density at radius 1 is 0.786 bits per heavy atom. The second kappa shape index (κ2) is 7.31. The number of benzene rings is 3. The van der Waals surface area contributed by atoms with E-state index in [0.717, 1.165) is 13.0 Å². The fourth-order valence-electron chi connectivity index (χ4n) is 4.10. The average molecular weight is 368 g/mol. The molecule has 0 aliphatic carbocycles. The van der Waals surface area contributed by atoms with E-state index in [1.165, 1.54) is 38.9 Å². The van der Waals surface area contributed by atoms with E-state index in [0.29, 0.717) is 0 Å². The molecule has 0 N–H and O–H groups in total. The van der Waals surface area contributed by atoms with E-state index < -0.39 is 0 Å². The van der Waals surface area contributed by atoms with E-state index in [-0.39, 0.29) is 5.41 Å². The zero-order valence-electron chi connectivity index (χ0n) is 17.4. The number of rotatable bonds is 4. The van der Waals surface area contributed by atoms with Crippen molar-refractivity contribution in [1.82, 2.24) is 4.57 Å². The minimum absolute atomic E-state index is 0.221. The predicted molar refractivity (Wildman–Crippen MR) is 121 cm³/mol. The van der Waals surface area contributed by atoms with Crippen molar-refractivity contribution >= 4 is 10.9 Å². The molecule has 4 aromatic rings. The molecule has 1 nitrogen and oxygen atoms in total. The van der Waals surface area contributed by atoms with E-state index in [1.807, 2.05) is 0 Å². The Bertz CT molecular complexity index is 1080. The van der Waals surface area contributed by atoms with Crippen LogP contribution in [0, 0.1) is 12.3 Å². The summed E-state index contributed by atoms with van der Waals surface area (Å²) in [5, 5.41) is 1.39. The van der Waals surface area contributed by atoms with E-state index in [1.54, 1.807) is 0 Å². The minimum atomic E-state index is 0.221. The highest BCUT2D eigenvalue weighted by molar-refractivity contribution is 5.92. The van der Waals surface area contributed by atoms with Crippen LogP contribution < -0.4 is 0 Å². The lowest BCUT2D eigenvalue weighted by Gasteiger charge is -2.20. The van der Waals surface area contributed by atoms with E-state index in [4.69, 9.17) is 0 Å². The van der Waals surface area contributed by atoms with Crippen molar-refractivity contribution in [3.05, 3.63) is 95.6 Å². The number of hydrogen-bond acceptors (Lipinski definition) is 0. The smallest absolute Gasteiger partial charge is 0.0527 e. The van der Waals surface area contributed by atoms with Gasteiger partial charge in [-0.1, -0.05) is 93.1 Å². The summed E-state index contributed by atoms with van der Waals surface area (Å²) in [4.78, 5) is 0. The quantitative estimate of drug-likeness (QED) is 0.358. The number of aryl methyl sites for hydroxylation is 1. The molecule has 0 aliphatic rings. The van der Waals surface area contributed by atoms with Crippen LogP contribution >= 0.6 is 0 Å². The van der Waals surface area contributed by atoms with Crippen LogP contribution in [0.1, 0.15) is 37.5 Å². The van der Waals surface area contributed by atoms with Gasteiger partial charge in [-0.05, 0) is 47.6 Å². The van der Waals surface area contributed by atoms with Gasteiger partial charge >= 0.3 is 0 Å². The van der Waals surface area contributed by atoms with Gasteiger partial charge in [0, 0.05) is 17.4 Å². The maximum Gasteiger partial charge on any atom is 0.0527 e. The highest BCUT2D eigenvalue weighted by atomic mass is 15.0. The molecule has 1 aromatic heterocycles. The summed E-state index contributed by atoms with van der Waals surface area (Å²) in [6, 6.07) is 28.6. The monoisotopic (exact) mass is 367 g/mol. The number of hydrogen-bond donors (Lipinski definition) is 0. The topological polar surface area (TPSA) is 4.93 Å². The molecule has 0 fully saturated rings. The zero-order chi connectivity index (χ0) is 19.7. The van der Waals surface area contributed by atoms with Crippen LogP contribution in [-0.2, 0) is 13.0 Å². The lowest BCUT2D eigenvalue weighted by molar-refractivity contribution is 0.413. The Hall–Kier alpha value is -2.80. The third kappa shape index (κ3) is 3.75. The molecule has 0 bridgehead atoms. The lowest BCUT2D eigenvalue weighted by atomic mass is 9.86. The third-order valence-electron chi connectivity index (χ3n) is 5.26. The van der Waals surface area contributed by atoms with Crippen LogP contribution in [0.3, 0.4) is 0 Å². The van der Waals surface area contributed by atoms with Gasteiger partial charge in [-0.2, -0.15) is 0 Å². The first-order valence-electron chi connectivity index (χ1n) is 10.1. The van der Waals surface area contributed by atoms with Gasteiger partial charge in [0.25, 0.3) is 0 Å². The highest BCUT2D eigenvalue weighted by Crippen LogP contribution is 2.38. The summed E-state index contributed by atoms with van der Waals surface area (Å²) in [7, 11) is 0. The van der Waals surface area contributed by atoms with E-state index >= 15 is 0 Å². The first-order valence-corrected chi connectivity index (χ1v) is 10.1. The SMILES string of the molecule is Cc1ccc2c(c1)c(CC(C)(C)C)c(-c1ccccc1)n2Cc1ccccc1. The summed E-state index contributed by atoms with van der Waals surface area (Å²) in [5.41, 5.74) is 8.32. The van der Waals surface area contributed by atoms with E-state index in [9.17, 15) is 0 Å². The van der Waals surface area contributed by atoms with Crippen molar-refractivity contribution in [2.45, 2.75) is 40.7 Å². The summed E-state index contributed by atoms with van der Waals surface area (Å²) >= 11 is 0. The van der Waals surface area contributed by atoms with Crippen molar-refractivity contribution in [1.29, 1.82) is 0 Å². The fraction of sp³-hybridized carbons (Fsp3) is 0.259. The molecule has 0 aliphatic heterocycles. The molecule has 4 rings (SSSR count). The van der Waals surface area contributed by atoms with Crippen LogP contribution in [0.5, 0.6) is 0 Å². The van der Waals surface area contributed by atoms with Gasteiger partial charge in [-0.25, -0.2) is 0 Å². The van der Waals surface area contributed by atoms with Gasteiger partial charge in [0.05, 0.1) is 5.69 Å². The molecule has 28 heavy (non-hydrogen) atoms. The van der Waals surface area contributed by atoms with E-state index in [2.05, 4.69) is 111 Å². The molecule has 0 spiro atoms. The standard InChI is InChI=1S/C27H29N/c1-20-15-16-25-23(17-20)24(18-27(2,3)4)26(22-13-9-6-10-14-22)28(25)19-21-11-7-5-8-12-21/h5-17H,18-19H2,1-4H3. The van der Waals surface area contributed by atoms with Gasteiger partial charge in [0.15, 0.2) is 0 Å². The van der Waals surface area contributed by atoms with Gasteiger partial charge in [0.1, 0.15) is 0 Å². The van der Waals surface area contributed by atoms with Crippen LogP contribution in [0.25, 0.3) is 22.2 Å². The molecule has 0 saturated heterocycles. The van der Waals surface area contributed by atoms with Crippen LogP contribution in [0.15, 0.2) is 78.9 Å². The molecule has 0 unspecified atom stereocenters. The minimum Gasteiger partial charge on any atom is -0.336 e. The Balaban J connectivity index is 2.02. The summed E-state index contributed by atoms with van der Waals surface area (Å²) in [6.07, 6.45) is 1.05. The molecule has 142 valence electrons. The predicted octanol–water partition coefficient (Wildman–Crippen LogP) is 7.25. The number of fused-ring (bicyclic) bond motifs is 1. The average Bonchev–Trinajstić information content (AvgIpc) is 2.94. The summed E-state index contributed by atoms with van der Waals surface area (Å²) < 4.78 is 2.51. The Kier molecular flexibility index (Phi) is 4.85. The second-order valence-corrected chi connectivity index (χ2v) is 9.02. The maximum atomic E-state index is 2.51. The number of aromatic nitrogens is 1. The third-order valence-corrected chi connectivity index (χ3v) is 5.26. The first-order chi connectivity index (χ1) is 13.4. The molecular formula is C27H29N. The summed E-state index contributed by atoms with van der Waals surface area (Å²) in [6.45, 7) is 10.1. The second-order valence-electron chi connectivity index (χ2n) is 9.02. The van der Waals surface area contributed by atoms with Gasteiger partial charge in [-0.3, -0.25) is 0 Å². The first kappa shape index (κ1) is 18.6. The lowest BCUT2D eigenvalue weighted by Crippen LogP contribution is -2.10. The molecule has 0 atom stereocenters. The highest BCUT2D eigenvalue weighted by Gasteiger charge is 2.23. The van der Waals surface area contributed by atoms with Crippen LogP contribution in [0.4, 0.5) is 0 Å². The maximum absolute atomic E-state index is 2.51. The Morgan fingerprint density at radius 2 is 1.43 bits per heavy atom. The molecule has 3 aromatic carbocycles. The molecule has 0 radical (unpaired) electrons. The van der Waals surface area contributed by atoms with Crippen molar-refractivity contribution in [2.75, 3.05) is 0 Å². The van der Waals surface area contributed by atoms with Gasteiger partial charge in [0.2, 0.25) is 0 Å². The van der Waals surface area contributed by atoms with Crippen LogP contribution in [-0.4, -0.2) is 4.57 Å². The Morgan fingerprint density at radius 3 is 2.07 bits per heavy atom. The molecule has 1 heteroatoms. The van der Waals surface area contributed by atoms with Crippen LogP contribution in [0.2, 0.25) is 0 Å². The molecule has 1 heterocycles. The molecule has 0 saturated carbocycles. The van der Waals surface area contributed by atoms with Crippen molar-refractivity contribution < 1.29 is 0 Å². The van der Waals surface area contributed by atoms with Crippen molar-refractivity contribution in [3.63, 3.8) is 0 Å². The molecule has 0 amide bonds. The summed E-state index contributed by atoms with van der Waals surface area (Å²) in [5.74, 6) is 0.